The standard InChI is InChI=1S/C18H16N2O3S/c1-12(17(21)20-15-5-3-4-13(10-15)11-19)23-18(22)14-6-8-16(24-2)9-7-14/h3-10,12H,1-2H3,(H,20,21)/t12-/m1/s1. The number of benzene rings is 2. The van der Waals surface area contributed by atoms with Crippen LogP contribution in [0, 0.1) is 11.3 Å². The first-order valence-electron chi connectivity index (χ1n) is 7.19. The number of hydrogen-bond acceptors (Lipinski definition) is 5. The van der Waals surface area contributed by atoms with Gasteiger partial charge in [0.15, 0.2) is 6.10 Å². The van der Waals surface area contributed by atoms with Gasteiger partial charge in [0.05, 0.1) is 17.2 Å². The van der Waals surface area contributed by atoms with Gasteiger partial charge >= 0.3 is 5.97 Å². The zero-order valence-electron chi connectivity index (χ0n) is 13.3. The maximum atomic E-state index is 12.1. The number of nitrogens with one attached hydrogen (secondary N) is 1. The minimum atomic E-state index is -0.955. The molecule has 122 valence electrons. The molecule has 0 aliphatic rings. The van der Waals surface area contributed by atoms with E-state index in [1.54, 1.807) is 48.2 Å². The third kappa shape index (κ3) is 4.61. The van der Waals surface area contributed by atoms with Gasteiger partial charge in [-0.15, -0.1) is 11.8 Å². The summed E-state index contributed by atoms with van der Waals surface area (Å²) in [6.45, 7) is 1.50. The Morgan fingerprint density at radius 3 is 2.54 bits per heavy atom. The molecule has 0 bridgehead atoms. The lowest BCUT2D eigenvalue weighted by molar-refractivity contribution is -0.123. The van der Waals surface area contributed by atoms with E-state index in [-0.39, 0.29) is 0 Å². The molecule has 0 aromatic heterocycles. The van der Waals surface area contributed by atoms with Crippen LogP contribution in [0.1, 0.15) is 22.8 Å². The number of rotatable bonds is 5. The quantitative estimate of drug-likeness (QED) is 0.666. The van der Waals surface area contributed by atoms with E-state index in [4.69, 9.17) is 10.00 Å². The minimum absolute atomic E-state index is 0.388. The summed E-state index contributed by atoms with van der Waals surface area (Å²) >= 11 is 1.57. The van der Waals surface area contributed by atoms with Crippen molar-refractivity contribution in [1.29, 1.82) is 5.26 Å². The van der Waals surface area contributed by atoms with Gasteiger partial charge in [0, 0.05) is 10.6 Å². The summed E-state index contributed by atoms with van der Waals surface area (Å²) < 4.78 is 5.18. The molecule has 0 unspecified atom stereocenters. The number of nitrogens with zero attached hydrogens (tertiary/aromatic N) is 1. The average Bonchev–Trinajstić information content (AvgIpc) is 2.61. The number of esters is 1. The van der Waals surface area contributed by atoms with Crippen LogP contribution in [0.25, 0.3) is 0 Å². The third-order valence-electron chi connectivity index (χ3n) is 3.24. The first kappa shape index (κ1) is 17.6. The molecule has 0 fully saturated rings. The second kappa shape index (κ2) is 8.18. The Bertz CT molecular complexity index is 782. The first-order valence-corrected chi connectivity index (χ1v) is 8.42. The number of ether oxygens (including phenoxy) is 1. The van der Waals surface area contributed by atoms with Gasteiger partial charge in [0.25, 0.3) is 5.91 Å². The van der Waals surface area contributed by atoms with Crippen LogP contribution in [0.4, 0.5) is 5.69 Å². The van der Waals surface area contributed by atoms with Gasteiger partial charge < -0.3 is 10.1 Å². The zero-order chi connectivity index (χ0) is 17.5. The Balaban J connectivity index is 1.97. The highest BCUT2D eigenvalue weighted by Gasteiger charge is 2.19. The molecule has 0 heterocycles. The minimum Gasteiger partial charge on any atom is -0.449 e. The Kier molecular flexibility index (Phi) is 5.99. The fraction of sp³-hybridized carbons (Fsp3) is 0.167. The number of nitriles is 1. The van der Waals surface area contributed by atoms with Crippen LogP contribution in [0.3, 0.4) is 0 Å². The van der Waals surface area contributed by atoms with Crippen molar-refractivity contribution in [3.8, 4) is 6.07 Å². The van der Waals surface area contributed by atoms with Crippen molar-refractivity contribution in [2.75, 3.05) is 11.6 Å². The third-order valence-corrected chi connectivity index (χ3v) is 3.98. The SMILES string of the molecule is CSc1ccc(C(=O)O[C@H](C)C(=O)Nc2cccc(C#N)c2)cc1. The fourth-order valence-corrected chi connectivity index (χ4v) is 2.33. The van der Waals surface area contributed by atoms with Crippen molar-refractivity contribution in [1.82, 2.24) is 0 Å². The monoisotopic (exact) mass is 340 g/mol. The topological polar surface area (TPSA) is 79.2 Å². The Morgan fingerprint density at radius 1 is 1.21 bits per heavy atom. The van der Waals surface area contributed by atoms with Gasteiger partial charge in [0.1, 0.15) is 0 Å². The van der Waals surface area contributed by atoms with Crippen LogP contribution in [0.15, 0.2) is 53.4 Å². The molecule has 0 spiro atoms. The molecule has 2 aromatic carbocycles. The Hall–Kier alpha value is -2.78. The van der Waals surface area contributed by atoms with Crippen molar-refractivity contribution < 1.29 is 14.3 Å². The van der Waals surface area contributed by atoms with E-state index in [1.807, 2.05) is 24.5 Å². The molecule has 0 aliphatic carbocycles. The van der Waals surface area contributed by atoms with E-state index in [1.165, 1.54) is 6.92 Å². The number of hydrogen-bond donors (Lipinski definition) is 1. The largest absolute Gasteiger partial charge is 0.449 e. The lowest BCUT2D eigenvalue weighted by Crippen LogP contribution is -2.30. The number of amides is 1. The molecular weight excluding hydrogens is 324 g/mol. The molecule has 2 aromatic rings. The van der Waals surface area contributed by atoms with Crippen molar-refractivity contribution in [3.05, 3.63) is 59.7 Å². The molecule has 0 aliphatic heterocycles. The van der Waals surface area contributed by atoms with E-state index in [0.717, 1.165) is 4.90 Å². The summed E-state index contributed by atoms with van der Waals surface area (Å²) in [7, 11) is 0. The molecule has 0 saturated heterocycles. The second-order valence-electron chi connectivity index (χ2n) is 4.96. The van der Waals surface area contributed by atoms with E-state index in [2.05, 4.69) is 5.32 Å². The van der Waals surface area contributed by atoms with E-state index in [0.29, 0.717) is 16.8 Å². The summed E-state index contributed by atoms with van der Waals surface area (Å²) in [6.07, 6.45) is 0.990. The molecule has 1 N–H and O–H groups in total. The smallest absolute Gasteiger partial charge is 0.338 e. The van der Waals surface area contributed by atoms with Crippen LogP contribution >= 0.6 is 11.8 Å². The fourth-order valence-electron chi connectivity index (χ4n) is 1.92. The maximum absolute atomic E-state index is 12.1. The van der Waals surface area contributed by atoms with Crippen molar-refractivity contribution in [2.24, 2.45) is 0 Å². The molecule has 6 heteroatoms. The van der Waals surface area contributed by atoms with Crippen molar-refractivity contribution in [3.63, 3.8) is 0 Å². The molecule has 0 radical (unpaired) electrons. The summed E-state index contributed by atoms with van der Waals surface area (Å²) in [5, 5.41) is 11.5. The van der Waals surface area contributed by atoms with E-state index >= 15 is 0 Å². The van der Waals surface area contributed by atoms with Crippen LogP contribution in [0.5, 0.6) is 0 Å². The van der Waals surface area contributed by atoms with Crippen molar-refractivity contribution in [2.45, 2.75) is 17.9 Å². The van der Waals surface area contributed by atoms with E-state index in [9.17, 15) is 9.59 Å². The average molecular weight is 340 g/mol. The van der Waals surface area contributed by atoms with Gasteiger partial charge in [-0.05, 0) is 55.6 Å². The van der Waals surface area contributed by atoms with Gasteiger partial charge in [-0.2, -0.15) is 5.26 Å². The number of carbonyl (C=O) groups is 2. The summed E-state index contributed by atoms with van der Waals surface area (Å²) in [4.78, 5) is 25.2. The number of carbonyl (C=O) groups excluding carboxylic acids is 2. The summed E-state index contributed by atoms with van der Waals surface area (Å²) in [6, 6.07) is 15.5. The van der Waals surface area contributed by atoms with Gasteiger partial charge in [-0.1, -0.05) is 6.07 Å². The van der Waals surface area contributed by atoms with Gasteiger partial charge in [-0.25, -0.2) is 4.79 Å². The molecular formula is C18H16N2O3S. The van der Waals surface area contributed by atoms with Crippen LogP contribution in [-0.2, 0) is 9.53 Å². The van der Waals surface area contributed by atoms with Gasteiger partial charge in [-0.3, -0.25) is 4.79 Å². The first-order chi connectivity index (χ1) is 11.5. The van der Waals surface area contributed by atoms with Crippen LogP contribution < -0.4 is 5.32 Å². The molecule has 1 atom stereocenters. The van der Waals surface area contributed by atoms with Crippen LogP contribution in [0.2, 0.25) is 0 Å². The summed E-state index contributed by atoms with van der Waals surface area (Å²) in [5.74, 6) is -1.02. The Labute approximate surface area is 144 Å². The highest BCUT2D eigenvalue weighted by atomic mass is 32.2. The predicted octanol–water partition coefficient (Wildman–Crippen LogP) is 3.46. The maximum Gasteiger partial charge on any atom is 0.338 e. The van der Waals surface area contributed by atoms with Crippen molar-refractivity contribution >= 4 is 29.3 Å². The Morgan fingerprint density at radius 2 is 1.92 bits per heavy atom. The van der Waals surface area contributed by atoms with E-state index < -0.39 is 18.0 Å². The highest BCUT2D eigenvalue weighted by molar-refractivity contribution is 7.98. The molecule has 0 saturated carbocycles. The van der Waals surface area contributed by atoms with Crippen LogP contribution in [-0.4, -0.2) is 24.2 Å². The lowest BCUT2D eigenvalue weighted by atomic mass is 10.2. The molecule has 5 nitrogen and oxygen atoms in total. The molecule has 24 heavy (non-hydrogen) atoms. The summed E-state index contributed by atoms with van der Waals surface area (Å²) in [5.41, 5.74) is 1.30. The van der Waals surface area contributed by atoms with Gasteiger partial charge in [0.2, 0.25) is 0 Å². The normalized spacial score (nSPS) is 11.2. The molecule has 2 rings (SSSR count). The predicted molar refractivity (Wildman–Crippen MR) is 92.9 cm³/mol. The highest BCUT2D eigenvalue weighted by Crippen LogP contribution is 2.16. The number of thioether (sulfide) groups is 1. The zero-order valence-corrected chi connectivity index (χ0v) is 14.1. The second-order valence-corrected chi connectivity index (χ2v) is 5.84. The number of anilines is 1. The lowest BCUT2D eigenvalue weighted by Gasteiger charge is -2.13. The molecule has 1 amide bonds.